The first-order valence-electron chi connectivity index (χ1n) is 11.1. The number of aromatic nitrogens is 3. The van der Waals surface area contributed by atoms with E-state index < -0.39 is 5.97 Å². The summed E-state index contributed by atoms with van der Waals surface area (Å²) >= 11 is 0. The van der Waals surface area contributed by atoms with Crippen LogP contribution in [-0.2, 0) is 10.8 Å². The van der Waals surface area contributed by atoms with Gasteiger partial charge in [0.15, 0.2) is 0 Å². The molecule has 0 amide bonds. The van der Waals surface area contributed by atoms with E-state index in [2.05, 4.69) is 44.4 Å². The molecule has 5 nitrogen and oxygen atoms in total. The van der Waals surface area contributed by atoms with Gasteiger partial charge < -0.3 is 9.67 Å². The van der Waals surface area contributed by atoms with Crippen LogP contribution in [0.5, 0.6) is 0 Å². The molecule has 1 aromatic carbocycles. The molecular weight excluding hydrogens is 386 g/mol. The minimum Gasteiger partial charge on any atom is -0.478 e. The number of carboxylic acid groups (broad SMARTS) is 1. The van der Waals surface area contributed by atoms with Gasteiger partial charge in [0, 0.05) is 22.6 Å². The number of benzene rings is 1. The fourth-order valence-corrected chi connectivity index (χ4v) is 4.74. The first kappa shape index (κ1) is 20.0. The van der Waals surface area contributed by atoms with Crippen molar-refractivity contribution in [1.29, 1.82) is 0 Å². The molecular formula is C26H29N3O2. The van der Waals surface area contributed by atoms with E-state index >= 15 is 0 Å². The SMILES string of the molecule is CC1(C)CCC(C)(C)c2nc(-c3ccc(-c4ccc(C(=O)O)cc4)n3C3CC3)cnc21. The van der Waals surface area contributed by atoms with Gasteiger partial charge in [0.25, 0.3) is 0 Å². The third kappa shape index (κ3) is 3.36. The highest BCUT2D eigenvalue weighted by molar-refractivity contribution is 5.88. The lowest BCUT2D eigenvalue weighted by molar-refractivity contribution is 0.0697. The van der Waals surface area contributed by atoms with Crippen molar-refractivity contribution in [2.45, 2.75) is 70.3 Å². The van der Waals surface area contributed by atoms with Crippen LogP contribution in [0.1, 0.15) is 81.2 Å². The smallest absolute Gasteiger partial charge is 0.335 e. The Morgan fingerprint density at radius 1 is 0.935 bits per heavy atom. The van der Waals surface area contributed by atoms with E-state index in [1.165, 1.54) is 0 Å². The Balaban J connectivity index is 1.62. The Morgan fingerprint density at radius 3 is 2.16 bits per heavy atom. The van der Waals surface area contributed by atoms with Crippen LogP contribution in [0.2, 0.25) is 0 Å². The summed E-state index contributed by atoms with van der Waals surface area (Å²) in [5.74, 6) is -0.903. The Labute approximate surface area is 183 Å². The van der Waals surface area contributed by atoms with E-state index in [-0.39, 0.29) is 10.8 Å². The lowest BCUT2D eigenvalue weighted by Crippen LogP contribution is -2.36. The molecule has 31 heavy (non-hydrogen) atoms. The van der Waals surface area contributed by atoms with Crippen LogP contribution in [0, 0.1) is 0 Å². The van der Waals surface area contributed by atoms with Crippen molar-refractivity contribution in [3.8, 4) is 22.6 Å². The molecule has 1 N–H and O–H groups in total. The third-order valence-electron chi connectivity index (χ3n) is 6.95. The zero-order valence-corrected chi connectivity index (χ0v) is 18.6. The second kappa shape index (κ2) is 6.78. The molecule has 5 heteroatoms. The fourth-order valence-electron chi connectivity index (χ4n) is 4.74. The standard InChI is InChI=1S/C26H29N3O2/c1-25(2)13-14-26(3,4)23-22(25)27-15-19(28-23)21-12-11-20(29(21)18-9-10-18)16-5-7-17(8-6-16)24(30)31/h5-8,11-12,15,18H,9-10,13-14H2,1-4H3,(H,30,31). The van der Waals surface area contributed by atoms with Crippen molar-refractivity contribution in [3.05, 3.63) is 59.5 Å². The summed E-state index contributed by atoms with van der Waals surface area (Å²) in [6.07, 6.45) is 6.47. The highest BCUT2D eigenvalue weighted by atomic mass is 16.4. The molecule has 1 fully saturated rings. The van der Waals surface area contributed by atoms with Gasteiger partial charge in [-0.1, -0.05) is 39.8 Å². The van der Waals surface area contributed by atoms with Crippen LogP contribution >= 0.6 is 0 Å². The first-order valence-corrected chi connectivity index (χ1v) is 11.1. The van der Waals surface area contributed by atoms with Gasteiger partial charge in [-0.15, -0.1) is 0 Å². The number of aromatic carboxylic acids is 1. The Bertz CT molecular complexity index is 1170. The lowest BCUT2D eigenvalue weighted by Gasteiger charge is -2.39. The van der Waals surface area contributed by atoms with Crippen molar-refractivity contribution in [2.75, 3.05) is 0 Å². The minimum absolute atomic E-state index is 0.0142. The zero-order chi connectivity index (χ0) is 22.0. The summed E-state index contributed by atoms with van der Waals surface area (Å²) in [6.45, 7) is 9.08. The van der Waals surface area contributed by atoms with Crippen molar-refractivity contribution < 1.29 is 9.90 Å². The molecule has 2 aliphatic carbocycles. The number of carboxylic acids is 1. The van der Waals surface area contributed by atoms with E-state index in [1.807, 2.05) is 18.3 Å². The molecule has 0 saturated heterocycles. The fraction of sp³-hybridized carbons (Fsp3) is 0.423. The van der Waals surface area contributed by atoms with Gasteiger partial charge in [-0.25, -0.2) is 9.78 Å². The molecule has 0 radical (unpaired) electrons. The van der Waals surface area contributed by atoms with Crippen molar-refractivity contribution in [1.82, 2.24) is 14.5 Å². The van der Waals surface area contributed by atoms with Crippen LogP contribution in [0.15, 0.2) is 42.6 Å². The largest absolute Gasteiger partial charge is 0.478 e. The quantitative estimate of drug-likeness (QED) is 0.568. The summed E-state index contributed by atoms with van der Waals surface area (Å²) in [7, 11) is 0. The van der Waals surface area contributed by atoms with Crippen LogP contribution < -0.4 is 0 Å². The molecule has 5 rings (SSSR count). The second-order valence-corrected chi connectivity index (χ2v) is 10.3. The van der Waals surface area contributed by atoms with Gasteiger partial charge in [-0.2, -0.15) is 0 Å². The summed E-state index contributed by atoms with van der Waals surface area (Å²) in [5.41, 5.74) is 6.76. The van der Waals surface area contributed by atoms with Gasteiger partial charge in [0.2, 0.25) is 0 Å². The summed E-state index contributed by atoms with van der Waals surface area (Å²) in [4.78, 5) is 21.3. The molecule has 2 aromatic heterocycles. The second-order valence-electron chi connectivity index (χ2n) is 10.3. The molecule has 0 bridgehead atoms. The monoisotopic (exact) mass is 415 g/mol. The minimum atomic E-state index is -0.903. The van der Waals surface area contributed by atoms with E-state index in [9.17, 15) is 9.90 Å². The summed E-state index contributed by atoms with van der Waals surface area (Å²) in [6, 6.07) is 11.9. The maximum Gasteiger partial charge on any atom is 0.335 e. The predicted octanol–water partition coefficient (Wildman–Crippen LogP) is 5.99. The van der Waals surface area contributed by atoms with E-state index in [1.54, 1.807) is 12.1 Å². The van der Waals surface area contributed by atoms with Crippen molar-refractivity contribution in [2.24, 2.45) is 0 Å². The van der Waals surface area contributed by atoms with E-state index in [0.717, 1.165) is 59.7 Å². The van der Waals surface area contributed by atoms with E-state index in [4.69, 9.17) is 9.97 Å². The van der Waals surface area contributed by atoms with Gasteiger partial charge in [0.05, 0.1) is 28.8 Å². The van der Waals surface area contributed by atoms with Crippen LogP contribution in [0.25, 0.3) is 22.6 Å². The highest BCUT2D eigenvalue weighted by Gasteiger charge is 2.40. The molecule has 1 saturated carbocycles. The average Bonchev–Trinajstić information content (AvgIpc) is 3.49. The van der Waals surface area contributed by atoms with Gasteiger partial charge in [-0.05, 0) is 55.5 Å². The summed E-state index contributed by atoms with van der Waals surface area (Å²) < 4.78 is 2.37. The molecule has 0 unspecified atom stereocenters. The Kier molecular flexibility index (Phi) is 4.37. The predicted molar refractivity (Wildman–Crippen MR) is 121 cm³/mol. The van der Waals surface area contributed by atoms with Crippen molar-refractivity contribution >= 4 is 5.97 Å². The zero-order valence-electron chi connectivity index (χ0n) is 18.6. The number of hydrogen-bond acceptors (Lipinski definition) is 3. The van der Waals surface area contributed by atoms with Gasteiger partial charge in [0.1, 0.15) is 5.69 Å². The maximum atomic E-state index is 11.2. The maximum absolute atomic E-state index is 11.2. The number of hydrogen-bond donors (Lipinski definition) is 1. The molecule has 0 aliphatic heterocycles. The number of rotatable bonds is 4. The van der Waals surface area contributed by atoms with E-state index in [0.29, 0.717) is 11.6 Å². The number of nitrogens with zero attached hydrogens (tertiary/aromatic N) is 3. The normalized spacial score (nSPS) is 19.1. The third-order valence-corrected chi connectivity index (χ3v) is 6.95. The average molecular weight is 416 g/mol. The lowest BCUT2D eigenvalue weighted by atomic mass is 9.67. The molecule has 0 atom stereocenters. The number of carbonyl (C=O) groups is 1. The Hall–Kier alpha value is -2.95. The summed E-state index contributed by atoms with van der Waals surface area (Å²) in [5, 5.41) is 9.21. The molecule has 0 spiro atoms. The molecule has 2 heterocycles. The molecule has 3 aromatic rings. The van der Waals surface area contributed by atoms with Crippen LogP contribution in [0.3, 0.4) is 0 Å². The highest BCUT2D eigenvalue weighted by Crippen LogP contribution is 2.46. The topological polar surface area (TPSA) is 68.0 Å². The Morgan fingerprint density at radius 2 is 1.55 bits per heavy atom. The number of fused-ring (bicyclic) bond motifs is 1. The van der Waals surface area contributed by atoms with Gasteiger partial charge in [-0.3, -0.25) is 4.98 Å². The van der Waals surface area contributed by atoms with Crippen LogP contribution in [-0.4, -0.2) is 25.6 Å². The van der Waals surface area contributed by atoms with Gasteiger partial charge >= 0.3 is 5.97 Å². The molecule has 2 aliphatic rings. The van der Waals surface area contributed by atoms with Crippen LogP contribution in [0.4, 0.5) is 0 Å². The molecule has 160 valence electrons. The van der Waals surface area contributed by atoms with Crippen molar-refractivity contribution in [3.63, 3.8) is 0 Å². The first-order chi connectivity index (χ1) is 14.7.